The number of methoxy groups -OCH3 is 1. The van der Waals surface area contributed by atoms with Gasteiger partial charge in [-0.25, -0.2) is 0 Å². The molecule has 0 saturated carbocycles. The lowest BCUT2D eigenvalue weighted by atomic mass is 10.1. The lowest BCUT2D eigenvalue weighted by Crippen LogP contribution is -1.95. The van der Waals surface area contributed by atoms with Crippen molar-refractivity contribution in [2.45, 2.75) is 6.54 Å². The van der Waals surface area contributed by atoms with Crippen molar-refractivity contribution in [3.63, 3.8) is 0 Å². The molecule has 0 aliphatic heterocycles. The maximum Gasteiger partial charge on any atom is 0.128 e. The third kappa shape index (κ3) is 1.85. The molecule has 1 aromatic carbocycles. The molecule has 2 aromatic rings. The van der Waals surface area contributed by atoms with Crippen molar-refractivity contribution in [3.05, 3.63) is 36.0 Å². The van der Waals surface area contributed by atoms with Crippen molar-refractivity contribution in [1.82, 2.24) is 10.2 Å². The SMILES string of the molecule is COc1ccccc1-c1cc(CN)n[nH]1. The summed E-state index contributed by atoms with van der Waals surface area (Å²) in [7, 11) is 1.65. The zero-order valence-electron chi connectivity index (χ0n) is 8.53. The molecule has 1 heterocycles. The number of nitrogens with zero attached hydrogens (tertiary/aromatic N) is 1. The largest absolute Gasteiger partial charge is 0.496 e. The maximum absolute atomic E-state index is 5.50. The molecule has 0 bridgehead atoms. The molecule has 3 N–H and O–H groups in total. The number of hydrogen-bond donors (Lipinski definition) is 2. The highest BCUT2D eigenvalue weighted by atomic mass is 16.5. The van der Waals surface area contributed by atoms with Crippen LogP contribution in [0.3, 0.4) is 0 Å². The standard InChI is InChI=1S/C11H13N3O/c1-15-11-5-3-2-4-9(11)10-6-8(7-12)13-14-10/h2-6H,7,12H2,1H3,(H,13,14). The van der Waals surface area contributed by atoms with Crippen LogP contribution in [0.2, 0.25) is 0 Å². The summed E-state index contributed by atoms with van der Waals surface area (Å²) in [4.78, 5) is 0. The zero-order valence-corrected chi connectivity index (χ0v) is 8.53. The molecular formula is C11H13N3O. The summed E-state index contributed by atoms with van der Waals surface area (Å²) >= 11 is 0. The van der Waals surface area contributed by atoms with E-state index in [1.54, 1.807) is 7.11 Å². The summed E-state index contributed by atoms with van der Waals surface area (Å²) in [6.45, 7) is 0.436. The van der Waals surface area contributed by atoms with Gasteiger partial charge in [-0.15, -0.1) is 0 Å². The molecule has 15 heavy (non-hydrogen) atoms. The smallest absolute Gasteiger partial charge is 0.128 e. The number of hydrogen-bond acceptors (Lipinski definition) is 3. The first-order valence-corrected chi connectivity index (χ1v) is 4.73. The van der Waals surface area contributed by atoms with Crippen molar-refractivity contribution in [1.29, 1.82) is 0 Å². The van der Waals surface area contributed by atoms with Crippen LogP contribution in [0.15, 0.2) is 30.3 Å². The van der Waals surface area contributed by atoms with E-state index in [9.17, 15) is 0 Å². The number of para-hydroxylation sites is 1. The summed E-state index contributed by atoms with van der Waals surface area (Å²) in [5, 5.41) is 7.02. The van der Waals surface area contributed by atoms with Crippen LogP contribution in [0.5, 0.6) is 5.75 Å². The normalized spacial score (nSPS) is 10.3. The van der Waals surface area contributed by atoms with E-state index in [1.807, 2.05) is 30.3 Å². The van der Waals surface area contributed by atoms with E-state index in [2.05, 4.69) is 10.2 Å². The van der Waals surface area contributed by atoms with Gasteiger partial charge >= 0.3 is 0 Å². The lowest BCUT2D eigenvalue weighted by Gasteiger charge is -2.04. The van der Waals surface area contributed by atoms with Crippen molar-refractivity contribution in [2.24, 2.45) is 5.73 Å². The minimum atomic E-state index is 0.436. The quantitative estimate of drug-likeness (QED) is 0.795. The van der Waals surface area contributed by atoms with Crippen molar-refractivity contribution in [3.8, 4) is 17.0 Å². The van der Waals surface area contributed by atoms with E-state index in [0.29, 0.717) is 6.54 Å². The summed E-state index contributed by atoms with van der Waals surface area (Å²) in [5.74, 6) is 0.824. The molecule has 0 aliphatic carbocycles. The molecule has 0 fully saturated rings. The first-order chi connectivity index (χ1) is 7.35. The molecular weight excluding hydrogens is 190 g/mol. The fourth-order valence-corrected chi connectivity index (χ4v) is 1.47. The minimum absolute atomic E-state index is 0.436. The Labute approximate surface area is 88.1 Å². The highest BCUT2D eigenvalue weighted by molar-refractivity contribution is 5.67. The third-order valence-electron chi connectivity index (χ3n) is 2.24. The summed E-state index contributed by atoms with van der Waals surface area (Å²) in [5.41, 5.74) is 8.26. The average molecular weight is 203 g/mol. The zero-order chi connectivity index (χ0) is 10.7. The van der Waals surface area contributed by atoms with E-state index in [0.717, 1.165) is 22.7 Å². The molecule has 0 radical (unpaired) electrons. The van der Waals surface area contributed by atoms with Crippen LogP contribution < -0.4 is 10.5 Å². The van der Waals surface area contributed by atoms with Crippen molar-refractivity contribution in [2.75, 3.05) is 7.11 Å². The first kappa shape index (κ1) is 9.73. The van der Waals surface area contributed by atoms with Crippen molar-refractivity contribution >= 4 is 0 Å². The van der Waals surface area contributed by atoms with E-state index < -0.39 is 0 Å². The molecule has 78 valence electrons. The predicted molar refractivity (Wildman–Crippen MR) is 58.5 cm³/mol. The van der Waals surface area contributed by atoms with Gasteiger partial charge in [0.2, 0.25) is 0 Å². The number of benzene rings is 1. The van der Waals surface area contributed by atoms with E-state index in [1.165, 1.54) is 0 Å². The van der Waals surface area contributed by atoms with Gasteiger partial charge in [-0.05, 0) is 18.2 Å². The van der Waals surface area contributed by atoms with Crippen LogP contribution in [0, 0.1) is 0 Å². The average Bonchev–Trinajstić information content (AvgIpc) is 2.77. The van der Waals surface area contributed by atoms with Gasteiger partial charge in [0.25, 0.3) is 0 Å². The highest BCUT2D eigenvalue weighted by Gasteiger charge is 2.07. The second-order valence-corrected chi connectivity index (χ2v) is 3.18. The van der Waals surface area contributed by atoms with Gasteiger partial charge in [-0.1, -0.05) is 12.1 Å². The van der Waals surface area contributed by atoms with Gasteiger partial charge in [-0.2, -0.15) is 5.10 Å². The molecule has 0 amide bonds. The van der Waals surface area contributed by atoms with Gasteiger partial charge in [0.1, 0.15) is 5.75 Å². The van der Waals surface area contributed by atoms with Crippen molar-refractivity contribution < 1.29 is 4.74 Å². The molecule has 0 aliphatic rings. The Bertz CT molecular complexity index is 451. The molecule has 0 saturated heterocycles. The van der Waals surface area contributed by atoms with E-state index >= 15 is 0 Å². The van der Waals surface area contributed by atoms with E-state index in [-0.39, 0.29) is 0 Å². The van der Waals surface area contributed by atoms with Gasteiger partial charge in [0.05, 0.1) is 18.5 Å². The number of ether oxygens (including phenoxy) is 1. The fraction of sp³-hybridized carbons (Fsp3) is 0.182. The predicted octanol–water partition coefficient (Wildman–Crippen LogP) is 1.54. The monoisotopic (exact) mass is 203 g/mol. The number of nitrogens with two attached hydrogens (primary N) is 1. The Hall–Kier alpha value is -1.81. The van der Waals surface area contributed by atoms with Gasteiger partial charge in [0, 0.05) is 12.1 Å². The van der Waals surface area contributed by atoms with Crippen LogP contribution >= 0.6 is 0 Å². The Balaban J connectivity index is 2.44. The van der Waals surface area contributed by atoms with Crippen LogP contribution in [0.4, 0.5) is 0 Å². The Kier molecular flexibility index (Phi) is 2.69. The molecule has 4 heteroatoms. The van der Waals surface area contributed by atoms with Gasteiger partial charge < -0.3 is 10.5 Å². The summed E-state index contributed by atoms with van der Waals surface area (Å²) in [6, 6.07) is 9.71. The maximum atomic E-state index is 5.50. The van der Waals surface area contributed by atoms with Crippen LogP contribution in [-0.4, -0.2) is 17.3 Å². The Morgan fingerprint density at radius 3 is 2.87 bits per heavy atom. The minimum Gasteiger partial charge on any atom is -0.496 e. The number of rotatable bonds is 3. The van der Waals surface area contributed by atoms with Crippen LogP contribution in [0.1, 0.15) is 5.69 Å². The first-order valence-electron chi connectivity index (χ1n) is 4.73. The Morgan fingerprint density at radius 1 is 1.40 bits per heavy atom. The second kappa shape index (κ2) is 4.14. The molecule has 0 atom stereocenters. The molecule has 0 spiro atoms. The number of H-pyrrole nitrogens is 1. The van der Waals surface area contributed by atoms with Gasteiger partial charge in [-0.3, -0.25) is 5.10 Å². The summed E-state index contributed by atoms with van der Waals surface area (Å²) < 4.78 is 5.26. The third-order valence-corrected chi connectivity index (χ3v) is 2.24. The lowest BCUT2D eigenvalue weighted by molar-refractivity contribution is 0.416. The number of nitrogens with one attached hydrogen (secondary N) is 1. The van der Waals surface area contributed by atoms with Crippen LogP contribution in [-0.2, 0) is 6.54 Å². The second-order valence-electron chi connectivity index (χ2n) is 3.18. The fourth-order valence-electron chi connectivity index (χ4n) is 1.47. The molecule has 4 nitrogen and oxygen atoms in total. The van der Waals surface area contributed by atoms with E-state index in [4.69, 9.17) is 10.5 Å². The molecule has 2 rings (SSSR count). The molecule has 1 aromatic heterocycles. The van der Waals surface area contributed by atoms with Gasteiger partial charge in [0.15, 0.2) is 0 Å². The number of aromatic nitrogens is 2. The summed E-state index contributed by atoms with van der Waals surface area (Å²) in [6.07, 6.45) is 0. The number of aromatic amines is 1. The highest BCUT2D eigenvalue weighted by Crippen LogP contribution is 2.27. The Morgan fingerprint density at radius 2 is 2.20 bits per heavy atom. The topological polar surface area (TPSA) is 63.9 Å². The molecule has 0 unspecified atom stereocenters. The van der Waals surface area contributed by atoms with Crippen LogP contribution in [0.25, 0.3) is 11.3 Å².